The molecule has 1 aromatic heterocycles. The average Bonchev–Trinajstić information content (AvgIpc) is 2.84. The molecule has 0 aliphatic carbocycles. The standard InChI is InChI=1S/C19H31N3O3/c1-7-22-14(4)16(13(3)17(22)19(24)25-8-2)18(23)21(6)15-9-11-20(5)12-10-15/h15H,7-12H2,1-6H3. The van der Waals surface area contributed by atoms with Gasteiger partial charge in [-0.2, -0.15) is 0 Å². The second-order valence-corrected chi connectivity index (χ2v) is 6.85. The molecule has 0 atom stereocenters. The summed E-state index contributed by atoms with van der Waals surface area (Å²) in [6.07, 6.45) is 1.96. The number of likely N-dealkylation sites (tertiary alicyclic amines) is 1. The van der Waals surface area contributed by atoms with Crippen LogP contribution in [-0.2, 0) is 11.3 Å². The van der Waals surface area contributed by atoms with Crippen molar-refractivity contribution in [3.05, 3.63) is 22.5 Å². The first-order valence-corrected chi connectivity index (χ1v) is 9.15. The minimum absolute atomic E-state index is 0.00213. The number of hydrogen-bond donors (Lipinski definition) is 0. The Labute approximate surface area is 150 Å². The summed E-state index contributed by atoms with van der Waals surface area (Å²) < 4.78 is 7.09. The highest BCUT2D eigenvalue weighted by Gasteiger charge is 2.31. The molecule has 2 heterocycles. The van der Waals surface area contributed by atoms with Gasteiger partial charge in [-0.05, 0) is 66.2 Å². The van der Waals surface area contributed by atoms with Gasteiger partial charge >= 0.3 is 5.97 Å². The molecule has 1 fully saturated rings. The lowest BCUT2D eigenvalue weighted by Gasteiger charge is -2.35. The van der Waals surface area contributed by atoms with Gasteiger partial charge in [-0.25, -0.2) is 4.79 Å². The van der Waals surface area contributed by atoms with Gasteiger partial charge in [0.05, 0.1) is 12.2 Å². The number of hydrogen-bond acceptors (Lipinski definition) is 4. The van der Waals surface area contributed by atoms with Crippen molar-refractivity contribution in [2.45, 2.75) is 53.1 Å². The Balaban J connectivity index is 2.34. The third kappa shape index (κ3) is 3.73. The summed E-state index contributed by atoms with van der Waals surface area (Å²) >= 11 is 0. The summed E-state index contributed by atoms with van der Waals surface area (Å²) in [7, 11) is 3.99. The average molecular weight is 349 g/mol. The zero-order chi connectivity index (χ0) is 18.7. The topological polar surface area (TPSA) is 54.8 Å². The monoisotopic (exact) mass is 349 g/mol. The smallest absolute Gasteiger partial charge is 0.355 e. The summed E-state index contributed by atoms with van der Waals surface area (Å²) in [6, 6.07) is 0.249. The molecular weight excluding hydrogens is 318 g/mol. The van der Waals surface area contributed by atoms with Crippen molar-refractivity contribution < 1.29 is 14.3 Å². The maximum atomic E-state index is 13.2. The summed E-state index contributed by atoms with van der Waals surface area (Å²) in [5.41, 5.74) is 2.71. The van der Waals surface area contributed by atoms with E-state index >= 15 is 0 Å². The summed E-state index contributed by atoms with van der Waals surface area (Å²) in [5.74, 6) is -0.353. The van der Waals surface area contributed by atoms with Crippen molar-refractivity contribution in [3.63, 3.8) is 0 Å². The van der Waals surface area contributed by atoms with E-state index in [-0.39, 0.29) is 17.9 Å². The molecule has 2 rings (SSSR count). The normalized spacial score (nSPS) is 16.1. The molecule has 25 heavy (non-hydrogen) atoms. The SMILES string of the molecule is CCOC(=O)c1c(C)c(C(=O)N(C)C2CCN(C)CC2)c(C)n1CC. The van der Waals surface area contributed by atoms with Crippen molar-refractivity contribution in [1.29, 1.82) is 0 Å². The van der Waals surface area contributed by atoms with Crippen LogP contribution in [0, 0.1) is 13.8 Å². The minimum atomic E-state index is -0.356. The number of nitrogens with zero attached hydrogens (tertiary/aromatic N) is 3. The molecule has 0 radical (unpaired) electrons. The molecule has 140 valence electrons. The molecule has 6 heteroatoms. The van der Waals surface area contributed by atoms with E-state index in [0.717, 1.165) is 37.2 Å². The molecule has 1 amide bonds. The van der Waals surface area contributed by atoms with Gasteiger partial charge in [-0.15, -0.1) is 0 Å². The molecule has 0 saturated carbocycles. The van der Waals surface area contributed by atoms with E-state index < -0.39 is 0 Å². The van der Waals surface area contributed by atoms with Crippen LogP contribution in [0.25, 0.3) is 0 Å². The van der Waals surface area contributed by atoms with Gasteiger partial charge in [0.2, 0.25) is 0 Å². The minimum Gasteiger partial charge on any atom is -0.461 e. The Morgan fingerprint density at radius 1 is 1.20 bits per heavy atom. The van der Waals surface area contributed by atoms with Crippen LogP contribution in [0.1, 0.15) is 58.8 Å². The number of ether oxygens (including phenoxy) is 1. The van der Waals surface area contributed by atoms with E-state index in [4.69, 9.17) is 4.74 Å². The number of rotatable bonds is 5. The molecule has 0 N–H and O–H groups in total. The fourth-order valence-electron chi connectivity index (χ4n) is 3.79. The lowest BCUT2D eigenvalue weighted by atomic mass is 10.0. The Bertz CT molecular complexity index is 643. The van der Waals surface area contributed by atoms with E-state index in [1.54, 1.807) is 6.92 Å². The zero-order valence-electron chi connectivity index (χ0n) is 16.4. The third-order valence-electron chi connectivity index (χ3n) is 5.32. The van der Waals surface area contributed by atoms with Crippen molar-refractivity contribution in [2.75, 3.05) is 33.8 Å². The van der Waals surface area contributed by atoms with Gasteiger partial charge < -0.3 is 19.1 Å². The molecule has 1 saturated heterocycles. The molecule has 0 unspecified atom stereocenters. The third-order valence-corrected chi connectivity index (χ3v) is 5.32. The van der Waals surface area contributed by atoms with Crippen LogP contribution in [0.3, 0.4) is 0 Å². The Morgan fingerprint density at radius 3 is 2.32 bits per heavy atom. The number of piperidine rings is 1. The molecule has 1 aliphatic rings. The first-order chi connectivity index (χ1) is 11.8. The number of amides is 1. The molecule has 6 nitrogen and oxygen atoms in total. The van der Waals surface area contributed by atoms with Crippen LogP contribution in [-0.4, -0.2) is 66.1 Å². The highest BCUT2D eigenvalue weighted by atomic mass is 16.5. The molecule has 0 aromatic carbocycles. The molecule has 1 aromatic rings. The molecule has 0 bridgehead atoms. The largest absolute Gasteiger partial charge is 0.461 e. The molecule has 0 spiro atoms. The van der Waals surface area contributed by atoms with E-state index in [1.807, 2.05) is 37.3 Å². The number of carbonyl (C=O) groups is 2. The Kier molecular flexibility index (Phi) is 6.27. The van der Waals surface area contributed by atoms with Crippen molar-refractivity contribution in [2.24, 2.45) is 0 Å². The van der Waals surface area contributed by atoms with Crippen LogP contribution < -0.4 is 0 Å². The van der Waals surface area contributed by atoms with Gasteiger partial charge in [0.1, 0.15) is 5.69 Å². The maximum Gasteiger partial charge on any atom is 0.355 e. The second-order valence-electron chi connectivity index (χ2n) is 6.85. The summed E-state index contributed by atoms with van der Waals surface area (Å²) in [6.45, 7) is 10.5. The Morgan fingerprint density at radius 2 is 1.80 bits per heavy atom. The van der Waals surface area contributed by atoms with Crippen molar-refractivity contribution in [3.8, 4) is 0 Å². The van der Waals surface area contributed by atoms with Gasteiger partial charge in [-0.1, -0.05) is 0 Å². The Hall–Kier alpha value is -1.82. The van der Waals surface area contributed by atoms with E-state index in [2.05, 4.69) is 11.9 Å². The predicted octanol–water partition coefficient (Wildman–Crippen LogP) is 2.47. The first kappa shape index (κ1) is 19.5. The van der Waals surface area contributed by atoms with Gasteiger partial charge in [0, 0.05) is 25.3 Å². The fraction of sp³-hybridized carbons (Fsp3) is 0.684. The van der Waals surface area contributed by atoms with E-state index in [1.165, 1.54) is 0 Å². The second kappa shape index (κ2) is 8.04. The highest BCUT2D eigenvalue weighted by molar-refractivity contribution is 6.01. The van der Waals surface area contributed by atoms with Crippen LogP contribution in [0.4, 0.5) is 0 Å². The van der Waals surface area contributed by atoms with Crippen LogP contribution in [0.5, 0.6) is 0 Å². The number of esters is 1. The van der Waals surface area contributed by atoms with Gasteiger partial charge in [-0.3, -0.25) is 4.79 Å². The number of carbonyl (C=O) groups excluding carboxylic acids is 2. The highest BCUT2D eigenvalue weighted by Crippen LogP contribution is 2.26. The van der Waals surface area contributed by atoms with Crippen LogP contribution in [0.15, 0.2) is 0 Å². The van der Waals surface area contributed by atoms with Crippen LogP contribution >= 0.6 is 0 Å². The lowest BCUT2D eigenvalue weighted by molar-refractivity contribution is 0.0512. The van der Waals surface area contributed by atoms with Crippen molar-refractivity contribution in [1.82, 2.24) is 14.4 Å². The first-order valence-electron chi connectivity index (χ1n) is 9.15. The number of aromatic nitrogens is 1. The molecule has 1 aliphatic heterocycles. The van der Waals surface area contributed by atoms with Crippen LogP contribution in [0.2, 0.25) is 0 Å². The van der Waals surface area contributed by atoms with Crippen molar-refractivity contribution >= 4 is 11.9 Å². The molecular formula is C19H31N3O3. The van der Waals surface area contributed by atoms with E-state index in [0.29, 0.717) is 24.4 Å². The maximum absolute atomic E-state index is 13.2. The summed E-state index contributed by atoms with van der Waals surface area (Å²) in [5, 5.41) is 0. The van der Waals surface area contributed by atoms with Gasteiger partial charge in [0.25, 0.3) is 5.91 Å². The lowest BCUT2D eigenvalue weighted by Crippen LogP contribution is -2.44. The quantitative estimate of drug-likeness (QED) is 0.767. The fourth-order valence-corrected chi connectivity index (χ4v) is 3.79. The van der Waals surface area contributed by atoms with Gasteiger partial charge in [0.15, 0.2) is 0 Å². The van der Waals surface area contributed by atoms with E-state index in [9.17, 15) is 9.59 Å². The zero-order valence-corrected chi connectivity index (χ0v) is 16.4. The predicted molar refractivity (Wildman–Crippen MR) is 98.1 cm³/mol. The summed E-state index contributed by atoms with van der Waals surface area (Å²) in [4.78, 5) is 29.7.